The number of likely N-dealkylation sites (N-methyl/N-ethyl adjacent to an activating group) is 1. The molecule has 1 aliphatic rings. The van der Waals surface area contributed by atoms with Crippen molar-refractivity contribution < 1.29 is 37.9 Å². The number of halogens is 2. The third-order valence-electron chi connectivity index (χ3n) is 6.10. The van der Waals surface area contributed by atoms with Gasteiger partial charge in [0.05, 0.1) is 0 Å². The van der Waals surface area contributed by atoms with Crippen molar-refractivity contribution in [2.24, 2.45) is 0 Å². The van der Waals surface area contributed by atoms with Crippen LogP contribution in [0.2, 0.25) is 0 Å². The second kappa shape index (κ2) is 11.1. The number of ether oxygens (including phenoxy) is 2. The van der Waals surface area contributed by atoms with Crippen molar-refractivity contribution >= 4 is 11.9 Å². The topological polar surface area (TPSA) is 105 Å². The zero-order valence-electron chi connectivity index (χ0n) is 21.0. The Bertz CT molecular complexity index is 1330. The molecule has 9 nitrogen and oxygen atoms in total. The van der Waals surface area contributed by atoms with E-state index in [1.807, 2.05) is 30.4 Å². The van der Waals surface area contributed by atoms with E-state index >= 15 is 0 Å². The second-order valence-corrected chi connectivity index (χ2v) is 8.77. The summed E-state index contributed by atoms with van der Waals surface area (Å²) in [6.45, 7) is 3.94. The van der Waals surface area contributed by atoms with Gasteiger partial charge in [-0.15, -0.1) is 0 Å². The molecule has 11 heteroatoms. The summed E-state index contributed by atoms with van der Waals surface area (Å²) < 4.78 is 38.3. The fraction of sp³-hybridized carbons (Fsp3) is 0.259. The van der Waals surface area contributed by atoms with E-state index in [0.29, 0.717) is 17.9 Å². The predicted octanol–water partition coefficient (Wildman–Crippen LogP) is 2.84. The van der Waals surface area contributed by atoms with Crippen LogP contribution in [0.15, 0.2) is 60.7 Å². The molecule has 1 fully saturated rings. The maximum Gasteiger partial charge on any atom is 0.482 e. The number of rotatable bonds is 9. The van der Waals surface area contributed by atoms with Gasteiger partial charge in [0.2, 0.25) is 0 Å². The van der Waals surface area contributed by atoms with Gasteiger partial charge in [-0.3, -0.25) is 4.79 Å². The third kappa shape index (κ3) is 6.08. The molecule has 4 rings (SSSR count). The zero-order valence-corrected chi connectivity index (χ0v) is 21.0. The summed E-state index contributed by atoms with van der Waals surface area (Å²) in [4.78, 5) is 27.5. The maximum absolute atomic E-state index is 13.9. The molecule has 1 unspecified atom stereocenters. The number of hydrogen-bond donors (Lipinski definition) is 2. The number of carbonyl (C=O) groups is 2. The summed E-state index contributed by atoms with van der Waals surface area (Å²) in [5.74, 6) is -1.58. The molecule has 3 aromatic carbocycles. The lowest BCUT2D eigenvalue weighted by Crippen LogP contribution is -3.11. The molecule has 1 atom stereocenters. The number of alkyl halides is 2. The van der Waals surface area contributed by atoms with Gasteiger partial charge in [0.1, 0.15) is 24.7 Å². The minimum Gasteiger partial charge on any atom is -0.610 e. The van der Waals surface area contributed by atoms with Crippen LogP contribution in [0.1, 0.15) is 22.3 Å². The number of hydroxylamine groups is 2. The van der Waals surface area contributed by atoms with E-state index in [2.05, 4.69) is 4.74 Å². The Kier molecular flexibility index (Phi) is 7.91. The molecule has 0 bridgehead atoms. The molecule has 1 saturated heterocycles. The third-order valence-corrected chi connectivity index (χ3v) is 6.10. The van der Waals surface area contributed by atoms with Crippen LogP contribution in [0.3, 0.4) is 0 Å². The van der Waals surface area contributed by atoms with E-state index in [4.69, 9.17) is 9.57 Å². The van der Waals surface area contributed by atoms with E-state index in [1.54, 1.807) is 37.3 Å². The summed E-state index contributed by atoms with van der Waals surface area (Å²) in [5.41, 5.74) is 5.14. The van der Waals surface area contributed by atoms with Crippen molar-refractivity contribution in [2.75, 3.05) is 13.6 Å². The first-order chi connectivity index (χ1) is 18.1. The molecule has 1 aliphatic heterocycles. The van der Waals surface area contributed by atoms with Crippen LogP contribution in [0.5, 0.6) is 11.5 Å². The van der Waals surface area contributed by atoms with Crippen molar-refractivity contribution in [3.8, 4) is 22.6 Å². The number of hydrogen-bond acceptors (Lipinski definition) is 7. The molecule has 3 aromatic rings. The first-order valence-corrected chi connectivity index (χ1v) is 11.8. The van der Waals surface area contributed by atoms with Gasteiger partial charge in [0.25, 0.3) is 0 Å². The lowest BCUT2D eigenvalue weighted by Gasteiger charge is -2.21. The Balaban J connectivity index is 1.43. The van der Waals surface area contributed by atoms with Crippen LogP contribution in [-0.4, -0.2) is 36.7 Å². The van der Waals surface area contributed by atoms with E-state index in [9.17, 15) is 23.6 Å². The van der Waals surface area contributed by atoms with Crippen molar-refractivity contribution in [3.05, 3.63) is 88.1 Å². The summed E-state index contributed by atoms with van der Waals surface area (Å²) in [6.07, 6.45) is -3.98. The molecule has 0 saturated carbocycles. The van der Waals surface area contributed by atoms with E-state index in [0.717, 1.165) is 40.0 Å². The van der Waals surface area contributed by atoms with Crippen molar-refractivity contribution in [1.29, 1.82) is 0 Å². The summed E-state index contributed by atoms with van der Waals surface area (Å²) in [7, 11) is 1.11. The molecular formula is C27H27F2N3O6. The lowest BCUT2D eigenvalue weighted by atomic mass is 9.93. The maximum atomic E-state index is 13.9. The average molecular weight is 528 g/mol. The normalized spacial score (nSPS) is 15.7. The van der Waals surface area contributed by atoms with Crippen LogP contribution in [-0.2, 0) is 27.6 Å². The molecule has 0 aromatic heterocycles. The van der Waals surface area contributed by atoms with Crippen LogP contribution < -0.4 is 20.0 Å². The van der Waals surface area contributed by atoms with Crippen molar-refractivity contribution in [2.45, 2.75) is 33.1 Å². The largest absolute Gasteiger partial charge is 0.610 e. The van der Waals surface area contributed by atoms with E-state index < -0.39 is 18.0 Å². The number of benzene rings is 3. The number of quaternary nitrogens is 1. The van der Waals surface area contributed by atoms with Crippen LogP contribution >= 0.6 is 0 Å². The van der Waals surface area contributed by atoms with Gasteiger partial charge in [-0.25, -0.2) is 9.97 Å². The van der Waals surface area contributed by atoms with Crippen molar-refractivity contribution in [1.82, 2.24) is 10.5 Å². The molecule has 0 spiro atoms. The van der Waals surface area contributed by atoms with E-state index in [1.165, 1.54) is 12.1 Å². The van der Waals surface area contributed by atoms with Gasteiger partial charge in [-0.05, 0) is 71.5 Å². The van der Waals surface area contributed by atoms with Gasteiger partial charge >= 0.3 is 18.0 Å². The zero-order chi connectivity index (χ0) is 27.4. The Hall–Kier alpha value is -4.06. The standard InChI is InChI=1S/C27H27F2N3O6/c1-17-13-22(37-27(28,29)26(34)30-3)11-12-23(17)24-6-4-5-20(18(24)2)16-36-21-9-7-19(8-10-21)14-32-31(35)15-25(33)38-32/h4-13,31H,14-16H2,1-3H3,(H,30,34). The Labute approximate surface area is 218 Å². The predicted molar refractivity (Wildman–Crippen MR) is 133 cm³/mol. The first kappa shape index (κ1) is 27.0. The monoisotopic (exact) mass is 527 g/mol. The number of carbonyl (C=O) groups excluding carboxylic acids is 2. The summed E-state index contributed by atoms with van der Waals surface area (Å²) in [5, 5.41) is 14.3. The molecule has 0 aliphatic carbocycles. The minimum atomic E-state index is -3.98. The Morgan fingerprint density at radius 1 is 1.11 bits per heavy atom. The Morgan fingerprint density at radius 3 is 2.45 bits per heavy atom. The van der Waals surface area contributed by atoms with Crippen LogP contribution in [0.4, 0.5) is 8.78 Å². The highest BCUT2D eigenvalue weighted by Gasteiger charge is 2.41. The SMILES string of the molecule is CNC(=O)C(F)(F)Oc1ccc(-c2cccc(COc3ccc(CN4OC(=O)C[NH+]4[O-])cc3)c2C)c(C)c1. The summed E-state index contributed by atoms with van der Waals surface area (Å²) in [6, 6.07) is 17.4. The minimum absolute atomic E-state index is 0.118. The van der Waals surface area contributed by atoms with E-state index in [-0.39, 0.29) is 24.0 Å². The first-order valence-electron chi connectivity index (χ1n) is 11.8. The molecule has 1 amide bonds. The lowest BCUT2D eigenvalue weighted by molar-refractivity contribution is -0.988. The molecule has 0 radical (unpaired) electrons. The highest BCUT2D eigenvalue weighted by molar-refractivity contribution is 5.82. The fourth-order valence-electron chi connectivity index (χ4n) is 4.03. The summed E-state index contributed by atoms with van der Waals surface area (Å²) >= 11 is 0. The van der Waals surface area contributed by atoms with Crippen LogP contribution in [0.25, 0.3) is 11.1 Å². The van der Waals surface area contributed by atoms with Crippen LogP contribution in [0, 0.1) is 19.1 Å². The molecular weight excluding hydrogens is 500 g/mol. The van der Waals surface area contributed by atoms with Gasteiger partial charge < -0.3 is 24.8 Å². The highest BCUT2D eigenvalue weighted by Crippen LogP contribution is 2.32. The Morgan fingerprint density at radius 2 is 1.82 bits per heavy atom. The molecule has 38 heavy (non-hydrogen) atoms. The van der Waals surface area contributed by atoms with Crippen molar-refractivity contribution in [3.63, 3.8) is 0 Å². The fourth-order valence-corrected chi connectivity index (χ4v) is 4.03. The number of nitrogens with zero attached hydrogens (tertiary/aromatic N) is 1. The highest BCUT2D eigenvalue weighted by atomic mass is 19.3. The molecule has 1 heterocycles. The second-order valence-electron chi connectivity index (χ2n) is 8.77. The van der Waals surface area contributed by atoms with Gasteiger partial charge in [0.15, 0.2) is 6.54 Å². The molecule has 200 valence electrons. The quantitative estimate of drug-likeness (QED) is 0.413. The number of amides is 1. The van der Waals surface area contributed by atoms with Gasteiger partial charge in [-0.1, -0.05) is 36.4 Å². The number of aryl methyl sites for hydroxylation is 1. The average Bonchev–Trinajstić information content (AvgIpc) is 3.20. The number of nitrogens with one attached hydrogen (secondary N) is 2. The van der Waals surface area contributed by atoms with Gasteiger partial charge in [-0.2, -0.15) is 8.78 Å². The molecule has 2 N–H and O–H groups in total. The van der Waals surface area contributed by atoms with Gasteiger partial charge in [0, 0.05) is 12.2 Å². The smallest absolute Gasteiger partial charge is 0.482 e.